The Labute approximate surface area is 99.6 Å². The van der Waals surface area contributed by atoms with Crippen molar-refractivity contribution < 1.29 is 4.79 Å². The number of aryl methyl sites for hydroxylation is 2. The number of aromatic amines is 1. The predicted molar refractivity (Wildman–Crippen MR) is 66.9 cm³/mol. The van der Waals surface area contributed by atoms with Gasteiger partial charge in [0.25, 0.3) is 0 Å². The van der Waals surface area contributed by atoms with E-state index in [4.69, 9.17) is 0 Å². The van der Waals surface area contributed by atoms with Crippen molar-refractivity contribution in [3.05, 3.63) is 17.3 Å². The van der Waals surface area contributed by atoms with Crippen LogP contribution in [0.15, 0.2) is 6.07 Å². The van der Waals surface area contributed by atoms with E-state index in [1.54, 1.807) is 0 Å². The third-order valence-electron chi connectivity index (χ3n) is 2.59. The number of nitrogens with zero attached hydrogens (tertiary/aromatic N) is 2. The fourth-order valence-electron chi connectivity index (χ4n) is 1.89. The van der Waals surface area contributed by atoms with E-state index >= 15 is 0 Å². The highest BCUT2D eigenvalue weighted by atomic mass is 16.1. The number of fused-ring (bicyclic) bond motifs is 1. The van der Waals surface area contributed by atoms with Crippen molar-refractivity contribution in [3.8, 4) is 0 Å². The zero-order valence-corrected chi connectivity index (χ0v) is 10.3. The lowest BCUT2D eigenvalue weighted by atomic mass is 10.2. The van der Waals surface area contributed by atoms with E-state index in [1.165, 1.54) is 0 Å². The quantitative estimate of drug-likeness (QED) is 0.853. The molecule has 0 aromatic carbocycles. The molecule has 2 rings (SSSR count). The summed E-state index contributed by atoms with van der Waals surface area (Å²) in [7, 11) is 0. The fraction of sp³-hybridized carbons (Fsp3) is 0.417. The van der Waals surface area contributed by atoms with E-state index < -0.39 is 0 Å². The minimum atomic E-state index is -0.0131. The molecule has 2 aromatic rings. The number of rotatable bonds is 3. The van der Waals surface area contributed by atoms with Gasteiger partial charge in [-0.1, -0.05) is 6.92 Å². The molecular formula is C12H16N4O. The number of amides is 1. The van der Waals surface area contributed by atoms with Crippen LogP contribution in [0.2, 0.25) is 0 Å². The van der Waals surface area contributed by atoms with Gasteiger partial charge in [0.15, 0.2) is 11.5 Å². The maximum absolute atomic E-state index is 11.5. The molecule has 17 heavy (non-hydrogen) atoms. The molecule has 90 valence electrons. The number of H-pyrrole nitrogens is 1. The van der Waals surface area contributed by atoms with Gasteiger partial charge in [0.2, 0.25) is 5.91 Å². The average molecular weight is 232 g/mol. The molecule has 0 aliphatic rings. The number of anilines is 1. The molecular weight excluding hydrogens is 216 g/mol. The molecule has 0 bridgehead atoms. The van der Waals surface area contributed by atoms with Crippen molar-refractivity contribution in [2.45, 2.75) is 33.6 Å². The zero-order chi connectivity index (χ0) is 12.4. The minimum absolute atomic E-state index is 0.0131. The molecule has 0 saturated heterocycles. The molecule has 0 unspecified atom stereocenters. The highest BCUT2D eigenvalue weighted by molar-refractivity contribution is 5.99. The van der Waals surface area contributed by atoms with E-state index in [1.807, 2.05) is 26.8 Å². The lowest BCUT2D eigenvalue weighted by Crippen LogP contribution is -2.11. The van der Waals surface area contributed by atoms with Crippen LogP contribution in [0.5, 0.6) is 0 Å². The second kappa shape index (κ2) is 4.53. The molecule has 5 heteroatoms. The Morgan fingerprint density at radius 2 is 2.24 bits per heavy atom. The monoisotopic (exact) mass is 232 g/mol. The molecule has 2 heterocycles. The van der Waals surface area contributed by atoms with E-state index in [-0.39, 0.29) is 5.91 Å². The molecule has 0 fully saturated rings. The van der Waals surface area contributed by atoms with Crippen LogP contribution in [0.1, 0.15) is 31.0 Å². The summed E-state index contributed by atoms with van der Waals surface area (Å²) in [6.07, 6.45) is 1.33. The fourth-order valence-corrected chi connectivity index (χ4v) is 1.89. The maximum atomic E-state index is 11.5. The number of carbonyl (C=O) groups excluding carboxylic acids is 1. The van der Waals surface area contributed by atoms with E-state index in [9.17, 15) is 4.79 Å². The minimum Gasteiger partial charge on any atom is -0.309 e. The number of hydrogen-bond donors (Lipinski definition) is 2. The van der Waals surface area contributed by atoms with Crippen LogP contribution < -0.4 is 5.32 Å². The van der Waals surface area contributed by atoms with Crippen LogP contribution in [-0.4, -0.2) is 21.1 Å². The first-order valence-electron chi connectivity index (χ1n) is 5.74. The Kier molecular flexibility index (Phi) is 3.08. The molecule has 0 spiro atoms. The average Bonchev–Trinajstić information content (AvgIpc) is 2.61. The van der Waals surface area contributed by atoms with Crippen LogP contribution in [0.25, 0.3) is 11.0 Å². The molecule has 0 aliphatic carbocycles. The largest absolute Gasteiger partial charge is 0.309 e. The topological polar surface area (TPSA) is 70.7 Å². The van der Waals surface area contributed by atoms with Crippen molar-refractivity contribution in [3.63, 3.8) is 0 Å². The van der Waals surface area contributed by atoms with Crippen molar-refractivity contribution >= 4 is 22.8 Å². The van der Waals surface area contributed by atoms with Gasteiger partial charge >= 0.3 is 0 Å². The zero-order valence-electron chi connectivity index (χ0n) is 10.3. The van der Waals surface area contributed by atoms with Gasteiger partial charge in [0, 0.05) is 12.1 Å². The van der Waals surface area contributed by atoms with E-state index in [0.29, 0.717) is 17.9 Å². The molecule has 2 aromatic heterocycles. The molecule has 0 saturated carbocycles. The standard InChI is InChI=1S/C12H16N4O/c1-4-5-9(17)14-12-10-7(2)6-8(3)13-11(10)15-16-12/h6H,4-5H2,1-3H3,(H2,13,14,15,16,17). The second-order valence-electron chi connectivity index (χ2n) is 4.17. The summed E-state index contributed by atoms with van der Waals surface area (Å²) in [5.74, 6) is 0.560. The maximum Gasteiger partial charge on any atom is 0.225 e. The number of nitrogens with one attached hydrogen (secondary N) is 2. The Morgan fingerprint density at radius 1 is 1.47 bits per heavy atom. The molecule has 2 N–H and O–H groups in total. The molecule has 1 amide bonds. The number of carbonyl (C=O) groups is 1. The number of pyridine rings is 1. The summed E-state index contributed by atoms with van der Waals surface area (Å²) < 4.78 is 0. The van der Waals surface area contributed by atoms with Gasteiger partial charge in [-0.25, -0.2) is 4.98 Å². The Hall–Kier alpha value is -1.91. The highest BCUT2D eigenvalue weighted by Crippen LogP contribution is 2.23. The summed E-state index contributed by atoms with van der Waals surface area (Å²) in [5.41, 5.74) is 2.72. The predicted octanol–water partition coefficient (Wildman–Crippen LogP) is 2.31. The van der Waals surface area contributed by atoms with Crippen LogP contribution in [0.4, 0.5) is 5.82 Å². The Morgan fingerprint density at radius 3 is 2.94 bits per heavy atom. The summed E-state index contributed by atoms with van der Waals surface area (Å²) in [5, 5.41) is 10.6. The number of aromatic nitrogens is 3. The van der Waals surface area contributed by atoms with Crippen molar-refractivity contribution in [2.75, 3.05) is 5.32 Å². The van der Waals surface area contributed by atoms with Gasteiger partial charge in [0.1, 0.15) is 0 Å². The summed E-state index contributed by atoms with van der Waals surface area (Å²) in [6.45, 7) is 5.89. The van der Waals surface area contributed by atoms with Gasteiger partial charge in [-0.2, -0.15) is 5.10 Å². The first-order chi connectivity index (χ1) is 8.11. The van der Waals surface area contributed by atoms with Crippen molar-refractivity contribution in [1.29, 1.82) is 0 Å². The van der Waals surface area contributed by atoms with Gasteiger partial charge < -0.3 is 5.32 Å². The van der Waals surface area contributed by atoms with Gasteiger partial charge in [0.05, 0.1) is 5.39 Å². The third-order valence-corrected chi connectivity index (χ3v) is 2.59. The second-order valence-corrected chi connectivity index (χ2v) is 4.17. The lowest BCUT2D eigenvalue weighted by Gasteiger charge is -2.03. The molecule has 0 atom stereocenters. The van der Waals surface area contributed by atoms with Crippen molar-refractivity contribution in [1.82, 2.24) is 15.2 Å². The van der Waals surface area contributed by atoms with Gasteiger partial charge in [-0.05, 0) is 31.9 Å². The Balaban J connectivity index is 2.39. The lowest BCUT2D eigenvalue weighted by molar-refractivity contribution is -0.116. The smallest absolute Gasteiger partial charge is 0.225 e. The van der Waals surface area contributed by atoms with Gasteiger partial charge in [-0.15, -0.1) is 0 Å². The highest BCUT2D eigenvalue weighted by Gasteiger charge is 2.12. The van der Waals surface area contributed by atoms with E-state index in [2.05, 4.69) is 20.5 Å². The van der Waals surface area contributed by atoms with Crippen LogP contribution >= 0.6 is 0 Å². The van der Waals surface area contributed by atoms with Gasteiger partial charge in [-0.3, -0.25) is 9.89 Å². The summed E-state index contributed by atoms with van der Waals surface area (Å²) in [4.78, 5) is 15.9. The first-order valence-corrected chi connectivity index (χ1v) is 5.74. The molecule has 5 nitrogen and oxygen atoms in total. The van der Waals surface area contributed by atoms with E-state index in [0.717, 1.165) is 23.1 Å². The van der Waals surface area contributed by atoms with Crippen molar-refractivity contribution in [2.24, 2.45) is 0 Å². The Bertz CT molecular complexity index is 559. The summed E-state index contributed by atoms with van der Waals surface area (Å²) in [6, 6.07) is 1.98. The molecule has 0 radical (unpaired) electrons. The SMILES string of the molecule is CCCC(=O)Nc1n[nH]c2nc(C)cc(C)c12. The van der Waals surface area contributed by atoms with Crippen LogP contribution in [-0.2, 0) is 4.79 Å². The van der Waals surface area contributed by atoms with Crippen LogP contribution in [0.3, 0.4) is 0 Å². The number of hydrogen-bond acceptors (Lipinski definition) is 3. The normalized spacial score (nSPS) is 10.8. The summed E-state index contributed by atoms with van der Waals surface area (Å²) >= 11 is 0. The third kappa shape index (κ3) is 2.27. The first kappa shape index (κ1) is 11.6. The van der Waals surface area contributed by atoms with Crippen LogP contribution in [0, 0.1) is 13.8 Å². The molecule has 0 aliphatic heterocycles.